The lowest BCUT2D eigenvalue weighted by atomic mass is 10.00. The van der Waals surface area contributed by atoms with Crippen LogP contribution in [0.4, 0.5) is 0 Å². The van der Waals surface area contributed by atoms with E-state index in [2.05, 4.69) is 0 Å². The number of rotatable bonds is 4. The zero-order valence-corrected chi connectivity index (χ0v) is 18.1. The molecular formula is C23H26N2O4S. The van der Waals surface area contributed by atoms with E-state index in [9.17, 15) is 9.59 Å². The highest BCUT2D eigenvalue weighted by atomic mass is 32.2. The van der Waals surface area contributed by atoms with Crippen molar-refractivity contribution in [2.45, 2.75) is 17.7 Å². The van der Waals surface area contributed by atoms with Gasteiger partial charge < -0.3 is 19.3 Å². The third-order valence-electron chi connectivity index (χ3n) is 5.91. The fourth-order valence-electron chi connectivity index (χ4n) is 4.20. The van der Waals surface area contributed by atoms with E-state index in [1.54, 1.807) is 44.6 Å². The number of piperidine rings is 1. The normalized spacial score (nSPS) is 17.8. The summed E-state index contributed by atoms with van der Waals surface area (Å²) in [6, 6.07) is 14.5. The van der Waals surface area contributed by atoms with Crippen LogP contribution in [0.15, 0.2) is 48.5 Å². The molecule has 2 aliphatic heterocycles. The van der Waals surface area contributed by atoms with Gasteiger partial charge in [0.15, 0.2) is 0 Å². The van der Waals surface area contributed by atoms with Crippen LogP contribution in [0.1, 0.15) is 33.6 Å². The molecule has 0 atom stereocenters. The zero-order valence-electron chi connectivity index (χ0n) is 17.3. The van der Waals surface area contributed by atoms with Gasteiger partial charge in [-0.05, 0) is 55.3 Å². The highest BCUT2D eigenvalue weighted by molar-refractivity contribution is 8.00. The van der Waals surface area contributed by atoms with Gasteiger partial charge in [0.2, 0.25) is 0 Å². The average Bonchev–Trinajstić information content (AvgIpc) is 3.21. The first-order chi connectivity index (χ1) is 14.6. The van der Waals surface area contributed by atoms with Crippen molar-refractivity contribution in [1.82, 2.24) is 9.80 Å². The Balaban J connectivity index is 1.45. The molecule has 6 nitrogen and oxygen atoms in total. The van der Waals surface area contributed by atoms with Gasteiger partial charge in [0.05, 0.1) is 19.1 Å². The standard InChI is InChI=1S/C23H26N2O4S/c1-28-19-8-6-17(7-9-19)21(26)24-12-10-23(11-13-24)25(14-15-30-23)22(27)18-4-3-5-20(16-18)29-2/h3-9,16H,10-15H2,1-2H3. The molecule has 2 amide bonds. The van der Waals surface area contributed by atoms with E-state index in [0.29, 0.717) is 30.0 Å². The molecule has 7 heteroatoms. The summed E-state index contributed by atoms with van der Waals surface area (Å²) in [4.78, 5) is 29.8. The Kier molecular flexibility index (Phi) is 5.90. The van der Waals surface area contributed by atoms with Gasteiger partial charge >= 0.3 is 0 Å². The number of amides is 2. The van der Waals surface area contributed by atoms with E-state index in [1.165, 1.54) is 0 Å². The first-order valence-electron chi connectivity index (χ1n) is 10.1. The Bertz CT molecular complexity index is 923. The molecule has 2 aliphatic rings. The fraction of sp³-hybridized carbons (Fsp3) is 0.391. The molecule has 0 aromatic heterocycles. The Morgan fingerprint density at radius 2 is 1.57 bits per heavy atom. The number of ether oxygens (including phenoxy) is 2. The number of methoxy groups -OCH3 is 2. The molecule has 0 bridgehead atoms. The molecule has 2 heterocycles. The van der Waals surface area contributed by atoms with Crippen LogP contribution in [0.3, 0.4) is 0 Å². The van der Waals surface area contributed by atoms with Crippen molar-refractivity contribution in [3.05, 3.63) is 59.7 Å². The maximum absolute atomic E-state index is 13.3. The maximum atomic E-state index is 13.3. The van der Waals surface area contributed by atoms with Crippen molar-refractivity contribution in [3.8, 4) is 11.5 Å². The second-order valence-corrected chi connectivity index (χ2v) is 8.96. The Morgan fingerprint density at radius 3 is 2.23 bits per heavy atom. The number of hydrogen-bond donors (Lipinski definition) is 0. The number of carbonyl (C=O) groups is 2. The molecule has 1 spiro atoms. The minimum absolute atomic E-state index is 0.0289. The molecule has 30 heavy (non-hydrogen) atoms. The van der Waals surface area contributed by atoms with Gasteiger partial charge in [-0.3, -0.25) is 9.59 Å². The van der Waals surface area contributed by atoms with Crippen LogP contribution in [-0.2, 0) is 0 Å². The van der Waals surface area contributed by atoms with Gasteiger partial charge in [-0.15, -0.1) is 11.8 Å². The fourth-order valence-corrected chi connectivity index (χ4v) is 5.65. The second kappa shape index (κ2) is 8.60. The van der Waals surface area contributed by atoms with Gasteiger partial charge in [0.25, 0.3) is 11.8 Å². The predicted octanol–water partition coefficient (Wildman–Crippen LogP) is 3.53. The van der Waals surface area contributed by atoms with E-state index in [1.807, 2.05) is 39.8 Å². The van der Waals surface area contributed by atoms with Crippen molar-refractivity contribution in [1.29, 1.82) is 0 Å². The summed E-state index contributed by atoms with van der Waals surface area (Å²) in [7, 11) is 3.21. The molecule has 0 radical (unpaired) electrons. The second-order valence-electron chi connectivity index (χ2n) is 7.50. The monoisotopic (exact) mass is 426 g/mol. The molecule has 2 aromatic rings. The SMILES string of the molecule is COc1ccc(C(=O)N2CCC3(CC2)SCCN3C(=O)c2cccc(OC)c2)cc1. The number of nitrogens with zero attached hydrogens (tertiary/aromatic N) is 2. The molecule has 0 aliphatic carbocycles. The highest BCUT2D eigenvalue weighted by Crippen LogP contribution is 2.44. The lowest BCUT2D eigenvalue weighted by molar-refractivity contribution is 0.0497. The summed E-state index contributed by atoms with van der Waals surface area (Å²) < 4.78 is 10.4. The van der Waals surface area contributed by atoms with Crippen molar-refractivity contribution < 1.29 is 19.1 Å². The van der Waals surface area contributed by atoms with Crippen molar-refractivity contribution >= 4 is 23.6 Å². The number of hydrogen-bond acceptors (Lipinski definition) is 5. The Labute approximate surface area is 181 Å². The highest BCUT2D eigenvalue weighted by Gasteiger charge is 2.47. The summed E-state index contributed by atoms with van der Waals surface area (Å²) in [5.74, 6) is 2.40. The van der Waals surface area contributed by atoms with E-state index >= 15 is 0 Å². The van der Waals surface area contributed by atoms with Gasteiger partial charge in [-0.1, -0.05) is 6.07 Å². The quantitative estimate of drug-likeness (QED) is 0.749. The van der Waals surface area contributed by atoms with E-state index in [-0.39, 0.29) is 16.7 Å². The molecule has 4 rings (SSSR count). The summed E-state index contributed by atoms with van der Waals surface area (Å²) in [5.41, 5.74) is 1.31. The summed E-state index contributed by atoms with van der Waals surface area (Å²) >= 11 is 1.84. The molecule has 0 unspecified atom stereocenters. The molecule has 2 fully saturated rings. The molecule has 158 valence electrons. The van der Waals surface area contributed by atoms with Crippen molar-refractivity contribution in [3.63, 3.8) is 0 Å². The van der Waals surface area contributed by atoms with Crippen LogP contribution in [0, 0.1) is 0 Å². The number of benzene rings is 2. The van der Waals surface area contributed by atoms with Crippen molar-refractivity contribution in [2.24, 2.45) is 0 Å². The Hall–Kier alpha value is -2.67. The Morgan fingerprint density at radius 1 is 0.867 bits per heavy atom. The van der Waals surface area contributed by atoms with Crippen LogP contribution >= 0.6 is 11.8 Å². The number of carbonyl (C=O) groups excluding carboxylic acids is 2. The smallest absolute Gasteiger partial charge is 0.255 e. The minimum atomic E-state index is -0.239. The summed E-state index contributed by atoms with van der Waals surface area (Å²) in [6.45, 7) is 2.01. The van der Waals surface area contributed by atoms with Crippen LogP contribution in [-0.4, -0.2) is 66.1 Å². The largest absolute Gasteiger partial charge is 0.497 e. The minimum Gasteiger partial charge on any atom is -0.497 e. The summed E-state index contributed by atoms with van der Waals surface area (Å²) in [6.07, 6.45) is 1.55. The molecule has 0 N–H and O–H groups in total. The average molecular weight is 427 g/mol. The van der Waals surface area contributed by atoms with Crippen LogP contribution in [0.2, 0.25) is 0 Å². The van der Waals surface area contributed by atoms with Crippen LogP contribution in [0.5, 0.6) is 11.5 Å². The summed E-state index contributed by atoms with van der Waals surface area (Å²) in [5, 5.41) is 0. The maximum Gasteiger partial charge on any atom is 0.255 e. The third kappa shape index (κ3) is 3.86. The molecule has 2 aromatic carbocycles. The van der Waals surface area contributed by atoms with Gasteiger partial charge in [-0.25, -0.2) is 0 Å². The lowest BCUT2D eigenvalue weighted by Gasteiger charge is -2.44. The van der Waals surface area contributed by atoms with Gasteiger partial charge in [0, 0.05) is 36.5 Å². The number of thioether (sulfide) groups is 1. The lowest BCUT2D eigenvalue weighted by Crippen LogP contribution is -2.53. The third-order valence-corrected chi connectivity index (χ3v) is 7.46. The molecule has 2 saturated heterocycles. The van der Waals surface area contributed by atoms with Crippen LogP contribution in [0.25, 0.3) is 0 Å². The first kappa shape index (κ1) is 20.6. The zero-order chi connectivity index (χ0) is 21.1. The predicted molar refractivity (Wildman–Crippen MR) is 117 cm³/mol. The van der Waals surface area contributed by atoms with E-state index < -0.39 is 0 Å². The van der Waals surface area contributed by atoms with Gasteiger partial charge in [-0.2, -0.15) is 0 Å². The molecular weight excluding hydrogens is 400 g/mol. The van der Waals surface area contributed by atoms with E-state index in [0.717, 1.165) is 30.9 Å². The van der Waals surface area contributed by atoms with E-state index in [4.69, 9.17) is 9.47 Å². The number of likely N-dealkylation sites (tertiary alicyclic amines) is 1. The first-order valence-corrected chi connectivity index (χ1v) is 11.1. The van der Waals surface area contributed by atoms with Crippen molar-refractivity contribution in [2.75, 3.05) is 39.6 Å². The van der Waals surface area contributed by atoms with Crippen LogP contribution < -0.4 is 9.47 Å². The van der Waals surface area contributed by atoms with Gasteiger partial charge in [0.1, 0.15) is 11.5 Å². The molecule has 0 saturated carbocycles. The topological polar surface area (TPSA) is 59.1 Å².